The van der Waals surface area contributed by atoms with Gasteiger partial charge in [-0.05, 0) is 18.6 Å². The quantitative estimate of drug-likeness (QED) is 0.846. The average Bonchev–Trinajstić information content (AvgIpc) is 2.33. The summed E-state index contributed by atoms with van der Waals surface area (Å²) in [6.45, 7) is 1.66. The van der Waals surface area contributed by atoms with E-state index in [1.807, 2.05) is 30.3 Å². The van der Waals surface area contributed by atoms with Crippen molar-refractivity contribution in [1.29, 1.82) is 0 Å². The lowest BCUT2D eigenvalue weighted by Crippen LogP contribution is -2.28. The van der Waals surface area contributed by atoms with Crippen LogP contribution >= 0.6 is 0 Å². The highest BCUT2D eigenvalue weighted by Gasteiger charge is 1.96. The molecule has 0 fully saturated rings. The fourth-order valence-corrected chi connectivity index (χ4v) is 1.43. The van der Waals surface area contributed by atoms with E-state index >= 15 is 0 Å². The number of aromatic amines is 1. The molecule has 0 aliphatic rings. The molecule has 2 rings (SSSR count). The molecule has 2 aromatic rings. The van der Waals surface area contributed by atoms with Gasteiger partial charge in [-0.1, -0.05) is 30.3 Å². The van der Waals surface area contributed by atoms with Crippen LogP contribution in [0.3, 0.4) is 0 Å². The number of nitrogens with zero attached hydrogens (tertiary/aromatic N) is 1. The Balaban J connectivity index is 2.37. The fourth-order valence-electron chi connectivity index (χ4n) is 1.43. The number of nitrogens with one attached hydrogen (secondary N) is 1. The summed E-state index contributed by atoms with van der Waals surface area (Å²) in [6, 6.07) is 9.62. The number of H-pyrrole nitrogens is 1. The van der Waals surface area contributed by atoms with Crippen LogP contribution in [0.1, 0.15) is 11.1 Å². The molecule has 0 saturated heterocycles. The lowest BCUT2D eigenvalue weighted by Gasteiger charge is -1.98. The first-order valence-corrected chi connectivity index (χ1v) is 5.22. The summed E-state index contributed by atoms with van der Waals surface area (Å²) in [5.41, 5.74) is 0.706. The number of benzene rings is 1. The van der Waals surface area contributed by atoms with E-state index in [4.69, 9.17) is 0 Å². The molecule has 1 aromatic carbocycles. The second-order valence-corrected chi connectivity index (χ2v) is 3.71. The van der Waals surface area contributed by atoms with E-state index < -0.39 is 5.69 Å². The Morgan fingerprint density at radius 3 is 2.59 bits per heavy atom. The van der Waals surface area contributed by atoms with Gasteiger partial charge in [0.05, 0.1) is 0 Å². The maximum Gasteiger partial charge on any atom is 0.332 e. The predicted molar refractivity (Wildman–Crippen MR) is 67.7 cm³/mol. The van der Waals surface area contributed by atoms with E-state index in [0.29, 0.717) is 5.56 Å². The topological polar surface area (TPSA) is 54.9 Å². The average molecular weight is 228 g/mol. The molecule has 86 valence electrons. The van der Waals surface area contributed by atoms with E-state index in [1.54, 1.807) is 19.2 Å². The monoisotopic (exact) mass is 228 g/mol. The summed E-state index contributed by atoms with van der Waals surface area (Å²) in [5.74, 6) is 0. The second-order valence-electron chi connectivity index (χ2n) is 3.71. The predicted octanol–water partition coefficient (Wildman–Crippen LogP) is 1.47. The first-order valence-electron chi connectivity index (χ1n) is 5.22. The van der Waals surface area contributed by atoms with Crippen LogP contribution in [-0.2, 0) is 0 Å². The van der Waals surface area contributed by atoms with Gasteiger partial charge in [-0.25, -0.2) is 4.79 Å². The van der Waals surface area contributed by atoms with Crippen LogP contribution in [-0.4, -0.2) is 9.55 Å². The molecular weight excluding hydrogens is 216 g/mol. The molecule has 0 spiro atoms. The van der Waals surface area contributed by atoms with Crippen molar-refractivity contribution < 1.29 is 0 Å². The van der Waals surface area contributed by atoms with Gasteiger partial charge in [0.25, 0.3) is 5.56 Å². The van der Waals surface area contributed by atoms with Crippen LogP contribution in [0.25, 0.3) is 12.3 Å². The second kappa shape index (κ2) is 4.65. The van der Waals surface area contributed by atoms with Crippen molar-refractivity contribution in [3.05, 3.63) is 68.5 Å². The first-order chi connectivity index (χ1) is 8.16. The molecule has 0 aliphatic heterocycles. The SMILES string of the molecule is Cc1cn(/C=C\c2ccccc2)c(=O)[nH]c1=O. The lowest BCUT2D eigenvalue weighted by molar-refractivity contribution is 0.919. The molecule has 0 radical (unpaired) electrons. The third-order valence-electron chi connectivity index (χ3n) is 2.37. The van der Waals surface area contributed by atoms with Gasteiger partial charge in [0.2, 0.25) is 0 Å². The highest BCUT2D eigenvalue weighted by atomic mass is 16.2. The van der Waals surface area contributed by atoms with E-state index in [9.17, 15) is 9.59 Å². The summed E-state index contributed by atoms with van der Waals surface area (Å²) in [4.78, 5) is 24.9. The van der Waals surface area contributed by atoms with Gasteiger partial charge >= 0.3 is 5.69 Å². The van der Waals surface area contributed by atoms with Crippen molar-refractivity contribution >= 4 is 12.3 Å². The minimum atomic E-state index is -0.437. The number of hydrogen-bond acceptors (Lipinski definition) is 2. The largest absolute Gasteiger partial charge is 0.332 e. The molecule has 1 aromatic heterocycles. The van der Waals surface area contributed by atoms with E-state index in [-0.39, 0.29) is 5.56 Å². The number of rotatable bonds is 2. The lowest BCUT2D eigenvalue weighted by atomic mass is 10.2. The van der Waals surface area contributed by atoms with Gasteiger partial charge in [-0.3, -0.25) is 14.3 Å². The Bertz CT molecular complexity index is 651. The molecule has 1 heterocycles. The summed E-state index contributed by atoms with van der Waals surface area (Å²) in [7, 11) is 0. The Kier molecular flexibility index (Phi) is 3.05. The maximum absolute atomic E-state index is 11.5. The molecule has 0 aliphatic carbocycles. The molecule has 17 heavy (non-hydrogen) atoms. The zero-order valence-electron chi connectivity index (χ0n) is 9.38. The molecule has 0 bridgehead atoms. The van der Waals surface area contributed by atoms with Crippen LogP contribution in [0, 0.1) is 6.92 Å². The van der Waals surface area contributed by atoms with Gasteiger partial charge < -0.3 is 0 Å². The van der Waals surface area contributed by atoms with Gasteiger partial charge in [0.15, 0.2) is 0 Å². The van der Waals surface area contributed by atoms with Gasteiger partial charge in [-0.15, -0.1) is 0 Å². The third-order valence-corrected chi connectivity index (χ3v) is 2.37. The molecule has 0 amide bonds. The molecule has 4 nitrogen and oxygen atoms in total. The molecule has 0 unspecified atom stereocenters. The van der Waals surface area contributed by atoms with Gasteiger partial charge in [0.1, 0.15) is 0 Å². The first kappa shape index (κ1) is 11.1. The van der Waals surface area contributed by atoms with E-state index in [1.165, 1.54) is 10.8 Å². The van der Waals surface area contributed by atoms with Gasteiger partial charge in [0, 0.05) is 18.0 Å². The number of hydrogen-bond donors (Lipinski definition) is 1. The number of aryl methyl sites for hydroxylation is 1. The highest BCUT2D eigenvalue weighted by Crippen LogP contribution is 2.01. The minimum Gasteiger partial charge on any atom is -0.276 e. The number of aromatic nitrogens is 2. The molecule has 1 N–H and O–H groups in total. The van der Waals surface area contributed by atoms with Crippen molar-refractivity contribution in [2.24, 2.45) is 0 Å². The fraction of sp³-hybridized carbons (Fsp3) is 0.0769. The van der Waals surface area contributed by atoms with Crippen LogP contribution in [0.4, 0.5) is 0 Å². The van der Waals surface area contributed by atoms with Crippen molar-refractivity contribution in [1.82, 2.24) is 9.55 Å². The smallest absolute Gasteiger partial charge is 0.276 e. The Morgan fingerprint density at radius 2 is 1.88 bits per heavy atom. The maximum atomic E-state index is 11.5. The molecule has 0 saturated carbocycles. The Hall–Kier alpha value is -2.36. The molecule has 4 heteroatoms. The highest BCUT2D eigenvalue weighted by molar-refractivity contribution is 5.60. The minimum absolute atomic E-state index is 0.348. The summed E-state index contributed by atoms with van der Waals surface area (Å²) in [6.07, 6.45) is 4.94. The van der Waals surface area contributed by atoms with E-state index in [0.717, 1.165) is 5.56 Å². The van der Waals surface area contributed by atoms with Crippen molar-refractivity contribution in [2.75, 3.05) is 0 Å². The summed E-state index contributed by atoms with van der Waals surface area (Å²) < 4.78 is 1.35. The Morgan fingerprint density at radius 1 is 1.18 bits per heavy atom. The van der Waals surface area contributed by atoms with Crippen molar-refractivity contribution in [2.45, 2.75) is 6.92 Å². The van der Waals surface area contributed by atoms with Crippen LogP contribution in [0.15, 0.2) is 46.1 Å². The summed E-state index contributed by atoms with van der Waals surface area (Å²) >= 11 is 0. The standard InChI is InChI=1S/C13H12N2O2/c1-10-9-15(13(17)14-12(10)16)8-7-11-5-3-2-4-6-11/h2-9H,1H3,(H,14,16,17)/b8-7-. The third kappa shape index (κ3) is 2.60. The summed E-state index contributed by atoms with van der Waals surface area (Å²) in [5, 5.41) is 0. The van der Waals surface area contributed by atoms with Crippen molar-refractivity contribution in [3.8, 4) is 0 Å². The molecule has 0 atom stereocenters. The van der Waals surface area contributed by atoms with Crippen LogP contribution < -0.4 is 11.2 Å². The normalized spacial score (nSPS) is 10.9. The van der Waals surface area contributed by atoms with Gasteiger partial charge in [-0.2, -0.15) is 0 Å². The zero-order valence-corrected chi connectivity index (χ0v) is 9.38. The molecular formula is C13H12N2O2. The zero-order chi connectivity index (χ0) is 12.3. The van der Waals surface area contributed by atoms with Crippen molar-refractivity contribution in [3.63, 3.8) is 0 Å². The van der Waals surface area contributed by atoms with Crippen LogP contribution in [0.5, 0.6) is 0 Å². The van der Waals surface area contributed by atoms with Crippen LogP contribution in [0.2, 0.25) is 0 Å². The Labute approximate surface area is 97.9 Å². The van der Waals surface area contributed by atoms with E-state index in [2.05, 4.69) is 4.98 Å².